The number of benzene rings is 3. The second kappa shape index (κ2) is 11.0. The van der Waals surface area contributed by atoms with Crippen LogP contribution in [-0.2, 0) is 13.0 Å². The highest BCUT2D eigenvalue weighted by Gasteiger charge is 2.11. The molecule has 1 aromatic heterocycles. The van der Waals surface area contributed by atoms with Crippen LogP contribution in [0.15, 0.2) is 79.5 Å². The van der Waals surface area contributed by atoms with Crippen LogP contribution in [-0.4, -0.2) is 23.0 Å². The van der Waals surface area contributed by atoms with Gasteiger partial charge in [0.1, 0.15) is 12.4 Å². The monoisotopic (exact) mass is 583 g/mol. The smallest absolute Gasteiger partial charge is 0.282 e. The normalized spacial score (nSPS) is 11.3. The summed E-state index contributed by atoms with van der Waals surface area (Å²) in [5, 5.41) is 5.00. The highest BCUT2D eigenvalue weighted by molar-refractivity contribution is 9.10. The summed E-state index contributed by atoms with van der Waals surface area (Å²) in [6.45, 7) is 2.47. The van der Waals surface area contributed by atoms with Crippen molar-refractivity contribution in [3.8, 4) is 11.5 Å². The maximum Gasteiger partial charge on any atom is 0.282 e. The molecule has 0 fully saturated rings. The van der Waals surface area contributed by atoms with Gasteiger partial charge < -0.3 is 9.47 Å². The largest absolute Gasteiger partial charge is 0.493 e. The van der Waals surface area contributed by atoms with Gasteiger partial charge in [0.25, 0.3) is 5.56 Å². The number of methoxy groups -OCH3 is 1. The summed E-state index contributed by atoms with van der Waals surface area (Å²) in [5.41, 5.74) is 2.29. The van der Waals surface area contributed by atoms with Crippen LogP contribution in [0, 0.1) is 0 Å². The number of nitrogens with zero attached hydrogens (tertiary/aromatic N) is 3. The van der Waals surface area contributed by atoms with Crippen molar-refractivity contribution < 1.29 is 9.47 Å². The van der Waals surface area contributed by atoms with E-state index >= 15 is 0 Å². The third-order valence-electron chi connectivity index (χ3n) is 5.17. The lowest BCUT2D eigenvalue weighted by molar-refractivity contribution is 0.284. The van der Waals surface area contributed by atoms with Crippen molar-refractivity contribution in [2.75, 3.05) is 7.11 Å². The van der Waals surface area contributed by atoms with E-state index in [1.54, 1.807) is 19.4 Å². The van der Waals surface area contributed by atoms with Gasteiger partial charge in [-0.1, -0.05) is 50.9 Å². The summed E-state index contributed by atoms with van der Waals surface area (Å²) in [7, 11) is 1.59. The highest BCUT2D eigenvalue weighted by Crippen LogP contribution is 2.28. The van der Waals surface area contributed by atoms with Gasteiger partial charge >= 0.3 is 0 Å². The maximum absolute atomic E-state index is 13.2. The molecular weight excluding hydrogens is 562 g/mol. The van der Waals surface area contributed by atoms with Crippen molar-refractivity contribution in [3.05, 3.63) is 96.9 Å². The van der Waals surface area contributed by atoms with Crippen molar-refractivity contribution in [1.29, 1.82) is 0 Å². The molecule has 6 nitrogen and oxygen atoms in total. The van der Waals surface area contributed by atoms with Crippen molar-refractivity contribution in [2.24, 2.45) is 5.10 Å². The zero-order valence-electron chi connectivity index (χ0n) is 18.8. The number of halogens is 2. The Morgan fingerprint density at radius 3 is 2.50 bits per heavy atom. The van der Waals surface area contributed by atoms with Crippen LogP contribution in [0.1, 0.15) is 30.3 Å². The third kappa shape index (κ3) is 5.56. The molecule has 0 unspecified atom stereocenters. The Morgan fingerprint density at radius 2 is 1.76 bits per heavy atom. The van der Waals surface area contributed by atoms with Crippen molar-refractivity contribution in [3.63, 3.8) is 0 Å². The Morgan fingerprint density at radius 1 is 1.00 bits per heavy atom. The SMILES string of the molecule is CCCc1nc2ccc(Br)cc2c(=O)n1N=Cc1ccc(OCc2ccc(Br)cc2)c(OC)c1. The Labute approximate surface area is 214 Å². The molecule has 0 saturated carbocycles. The summed E-state index contributed by atoms with van der Waals surface area (Å²) >= 11 is 6.86. The molecule has 0 amide bonds. The van der Waals surface area contributed by atoms with E-state index in [4.69, 9.17) is 9.47 Å². The maximum atomic E-state index is 13.2. The van der Waals surface area contributed by atoms with E-state index in [2.05, 4.69) is 41.9 Å². The van der Waals surface area contributed by atoms with Gasteiger partial charge in [0.2, 0.25) is 0 Å². The molecule has 0 aliphatic rings. The molecule has 34 heavy (non-hydrogen) atoms. The van der Waals surface area contributed by atoms with Crippen LogP contribution < -0.4 is 15.0 Å². The van der Waals surface area contributed by atoms with Crippen LogP contribution in [0.2, 0.25) is 0 Å². The number of rotatable bonds is 8. The van der Waals surface area contributed by atoms with Crippen molar-refractivity contribution in [2.45, 2.75) is 26.4 Å². The second-order valence-electron chi connectivity index (χ2n) is 7.63. The second-order valence-corrected chi connectivity index (χ2v) is 9.46. The molecule has 0 bridgehead atoms. The fraction of sp³-hybridized carbons (Fsp3) is 0.192. The first-order valence-corrected chi connectivity index (χ1v) is 12.4. The Hall–Kier alpha value is -2.97. The molecule has 0 atom stereocenters. The predicted octanol–water partition coefficient (Wildman–Crippen LogP) is 6.34. The van der Waals surface area contributed by atoms with Gasteiger partial charge in [-0.2, -0.15) is 9.78 Å². The number of hydrogen-bond acceptors (Lipinski definition) is 5. The fourth-order valence-corrected chi connectivity index (χ4v) is 4.07. The van der Waals surface area contributed by atoms with Gasteiger partial charge in [-0.05, 0) is 66.1 Å². The molecule has 0 N–H and O–H groups in total. The molecule has 0 aliphatic carbocycles. The minimum absolute atomic E-state index is 0.201. The zero-order chi connectivity index (χ0) is 24.1. The first kappa shape index (κ1) is 24.2. The Kier molecular flexibility index (Phi) is 7.80. The molecule has 174 valence electrons. The quantitative estimate of drug-likeness (QED) is 0.227. The Balaban J connectivity index is 1.62. The average molecular weight is 585 g/mol. The van der Waals surface area contributed by atoms with E-state index in [-0.39, 0.29) is 5.56 Å². The molecule has 0 aliphatic heterocycles. The van der Waals surface area contributed by atoms with E-state index < -0.39 is 0 Å². The summed E-state index contributed by atoms with van der Waals surface area (Å²) in [4.78, 5) is 17.8. The summed E-state index contributed by atoms with van der Waals surface area (Å²) in [6, 6.07) is 19.0. The molecule has 8 heteroatoms. The van der Waals surface area contributed by atoms with Crippen molar-refractivity contribution >= 4 is 49.0 Å². The van der Waals surface area contributed by atoms with Crippen LogP contribution in [0.4, 0.5) is 0 Å². The lowest BCUT2D eigenvalue weighted by Gasteiger charge is -2.12. The van der Waals surface area contributed by atoms with Gasteiger partial charge in [-0.3, -0.25) is 4.79 Å². The van der Waals surface area contributed by atoms with E-state index in [1.165, 1.54) is 4.68 Å². The average Bonchev–Trinajstić information content (AvgIpc) is 2.84. The van der Waals surface area contributed by atoms with Gasteiger partial charge in [0.15, 0.2) is 11.5 Å². The summed E-state index contributed by atoms with van der Waals surface area (Å²) < 4.78 is 14.7. The van der Waals surface area contributed by atoms with Crippen LogP contribution >= 0.6 is 31.9 Å². The standard InChI is InChI=1S/C26H23Br2N3O3/c1-3-4-25-30-22-11-10-20(28)14-21(22)26(32)31(25)29-15-18-7-12-23(24(13-18)33-2)34-16-17-5-8-19(27)9-6-17/h5-15H,3-4,16H2,1-2H3. The van der Waals surface area contributed by atoms with Crippen LogP contribution in [0.5, 0.6) is 11.5 Å². The van der Waals surface area contributed by atoms with Gasteiger partial charge in [0.05, 0.1) is 24.2 Å². The van der Waals surface area contributed by atoms with Gasteiger partial charge in [-0.25, -0.2) is 4.98 Å². The van der Waals surface area contributed by atoms with Crippen molar-refractivity contribution in [1.82, 2.24) is 9.66 Å². The van der Waals surface area contributed by atoms with E-state index in [1.807, 2.05) is 61.5 Å². The minimum atomic E-state index is -0.201. The fourth-order valence-electron chi connectivity index (χ4n) is 3.45. The number of hydrogen-bond donors (Lipinski definition) is 0. The molecule has 4 aromatic rings. The van der Waals surface area contributed by atoms with E-state index in [0.29, 0.717) is 41.3 Å². The lowest BCUT2D eigenvalue weighted by Crippen LogP contribution is -2.22. The van der Waals surface area contributed by atoms with Gasteiger partial charge in [-0.15, -0.1) is 0 Å². The highest BCUT2D eigenvalue weighted by atomic mass is 79.9. The number of fused-ring (bicyclic) bond motifs is 1. The first-order valence-electron chi connectivity index (χ1n) is 10.8. The molecule has 0 saturated heterocycles. The van der Waals surface area contributed by atoms with Gasteiger partial charge in [0, 0.05) is 15.4 Å². The molecule has 3 aromatic carbocycles. The molecule has 1 heterocycles. The number of aryl methyl sites for hydroxylation is 1. The third-order valence-corrected chi connectivity index (χ3v) is 6.19. The molecular formula is C26H23Br2N3O3. The molecule has 0 spiro atoms. The van der Waals surface area contributed by atoms with Crippen LogP contribution in [0.25, 0.3) is 10.9 Å². The van der Waals surface area contributed by atoms with E-state index in [0.717, 1.165) is 26.5 Å². The van der Waals surface area contributed by atoms with Crippen LogP contribution in [0.3, 0.4) is 0 Å². The number of ether oxygens (including phenoxy) is 2. The Bertz CT molecular complexity index is 1400. The van der Waals surface area contributed by atoms with E-state index in [9.17, 15) is 4.79 Å². The first-order chi connectivity index (χ1) is 16.5. The summed E-state index contributed by atoms with van der Waals surface area (Å²) in [6.07, 6.45) is 3.13. The lowest BCUT2D eigenvalue weighted by atomic mass is 10.2. The number of aromatic nitrogens is 2. The minimum Gasteiger partial charge on any atom is -0.493 e. The predicted molar refractivity (Wildman–Crippen MR) is 142 cm³/mol. The molecule has 0 radical (unpaired) electrons. The molecule has 4 rings (SSSR count). The zero-order valence-corrected chi connectivity index (χ0v) is 22.0. The summed E-state index contributed by atoms with van der Waals surface area (Å²) in [5.74, 6) is 1.84. The topological polar surface area (TPSA) is 65.7 Å².